The molecule has 4 fully saturated rings. The smallest absolute Gasteiger partial charge is 0.187 e. The Morgan fingerprint density at radius 2 is 0.836 bits per heavy atom. The molecule has 316 valence electrons. The molecule has 0 aromatic rings. The van der Waals surface area contributed by atoms with E-state index in [1.54, 1.807) is 13.8 Å². The van der Waals surface area contributed by atoms with Crippen LogP contribution >= 0.6 is 0 Å². The molecular weight excluding hydrogens is 752 g/mol. The lowest BCUT2D eigenvalue weighted by Crippen LogP contribution is -2.69. The van der Waals surface area contributed by atoms with Crippen molar-refractivity contribution in [2.24, 2.45) is 11.8 Å². The second-order valence-corrected chi connectivity index (χ2v) is 14.4. The highest BCUT2D eigenvalue weighted by molar-refractivity contribution is 5.72. The van der Waals surface area contributed by atoms with Crippen molar-refractivity contribution in [1.29, 1.82) is 0 Å². The first kappa shape index (κ1) is 45.0. The Balaban J connectivity index is 1.51. The molecule has 8 N–H and O–H groups in total. The largest absolute Gasteiger partial charge is 0.550 e. The predicted molar refractivity (Wildman–Crippen MR) is 160 cm³/mol. The van der Waals surface area contributed by atoms with E-state index in [0.717, 1.165) is 0 Å². The van der Waals surface area contributed by atoms with E-state index in [9.17, 15) is 80.5 Å². The predicted octanol–water partition coefficient (Wildman–Crippen LogP) is -10.5. The summed E-state index contributed by atoms with van der Waals surface area (Å²) < 4.78 is 37.5. The van der Waals surface area contributed by atoms with Crippen LogP contribution in [0.2, 0.25) is 0 Å². The van der Waals surface area contributed by atoms with Gasteiger partial charge in [-0.1, -0.05) is 0 Å². The molecule has 0 aromatic carbocycles. The van der Waals surface area contributed by atoms with E-state index in [1.807, 2.05) is 0 Å². The van der Waals surface area contributed by atoms with Gasteiger partial charge in [-0.3, -0.25) is 0 Å². The minimum atomic E-state index is -2.48. The Bertz CT molecular complexity index is 1350. The lowest BCUT2D eigenvalue weighted by molar-refractivity contribution is -0.390. The van der Waals surface area contributed by atoms with Crippen molar-refractivity contribution in [3.8, 4) is 0 Å². The number of carboxylic acid groups (broad SMARTS) is 4. The standard InChI is InChI=1S/C32H50O23/c1-7(2)49-11-5-9(27(41)42)21(15(35)13(11)33)51-12-6-10(28(43)44)22(16(36)14(12)34)52-31-20(40)18(38)24(26(55-31)30(47)48)53-32-19(39)17(37)23(50-8(3)4)25(54-32)29(45)46/h7-26,31-40H,5-6H2,1-4H3,(H,41,42)(H,43,44)(H,45,46)(H,47,48)/p-4/t9?,10?,11-,12-,13?,14?,15?,16-,17?,18?,19+,20?,21-,22-,23+,24+,25?,26-,31-,32-/m1/s1. The molecule has 23 heteroatoms. The SMILES string of the molecule is CC(C)O[C@@H]1C(C(=O)[O-])O[C@@H](O[C@H]2C(O)C(O)[C@H](O[C@@H]3C(C(=O)[O-])C[C@@H](O[C@@H]4C(C(=O)[O-])C[C@@H](OC(C)C)C(O)C4O)C(O)[C@H]3O)O[C@H]2C(=O)[O-])[C@@H](O)C1O. The van der Waals surface area contributed by atoms with Crippen LogP contribution in [0.4, 0.5) is 0 Å². The Morgan fingerprint density at radius 3 is 1.27 bits per heavy atom. The molecule has 0 aromatic heterocycles. The molecule has 2 aliphatic heterocycles. The number of rotatable bonds is 14. The first-order valence-electron chi connectivity index (χ1n) is 17.4. The Kier molecular flexibility index (Phi) is 14.9. The Hall–Kier alpha value is -2.72. The molecule has 23 nitrogen and oxygen atoms in total. The van der Waals surface area contributed by atoms with Crippen LogP contribution in [0, 0.1) is 11.8 Å². The maximum absolute atomic E-state index is 12.3. The molecule has 0 bridgehead atoms. The molecule has 4 aliphatic rings. The zero-order valence-corrected chi connectivity index (χ0v) is 29.8. The zero-order chi connectivity index (χ0) is 41.4. The average molecular weight is 799 g/mol. The maximum atomic E-state index is 12.3. The van der Waals surface area contributed by atoms with E-state index in [0.29, 0.717) is 0 Å². The summed E-state index contributed by atoms with van der Waals surface area (Å²) in [5, 5.41) is 135. The monoisotopic (exact) mass is 798 g/mol. The van der Waals surface area contributed by atoms with Crippen LogP contribution < -0.4 is 20.4 Å². The number of ether oxygens (including phenoxy) is 7. The van der Waals surface area contributed by atoms with Gasteiger partial charge in [-0.05, 0) is 40.5 Å². The van der Waals surface area contributed by atoms with Crippen LogP contribution in [0.1, 0.15) is 40.5 Å². The van der Waals surface area contributed by atoms with Gasteiger partial charge in [0.2, 0.25) is 0 Å². The van der Waals surface area contributed by atoms with Gasteiger partial charge in [0.25, 0.3) is 0 Å². The molecule has 4 rings (SSSR count). The van der Waals surface area contributed by atoms with Gasteiger partial charge in [0.05, 0.1) is 48.6 Å². The second kappa shape index (κ2) is 18.3. The third-order valence-corrected chi connectivity index (χ3v) is 9.85. The molecule has 2 saturated carbocycles. The van der Waals surface area contributed by atoms with Gasteiger partial charge in [0.1, 0.15) is 73.2 Å². The van der Waals surface area contributed by atoms with E-state index in [1.165, 1.54) is 13.8 Å². The number of hydrogen-bond acceptors (Lipinski definition) is 23. The van der Waals surface area contributed by atoms with Crippen molar-refractivity contribution in [1.82, 2.24) is 0 Å². The second-order valence-electron chi connectivity index (χ2n) is 14.4. The van der Waals surface area contributed by atoms with E-state index in [4.69, 9.17) is 33.2 Å². The van der Waals surface area contributed by atoms with Gasteiger partial charge in [-0.25, -0.2) is 0 Å². The quantitative estimate of drug-likeness (QED) is 0.0808. The summed E-state index contributed by atoms with van der Waals surface area (Å²) >= 11 is 0. The summed E-state index contributed by atoms with van der Waals surface area (Å²) in [5.41, 5.74) is 0. The van der Waals surface area contributed by atoms with Crippen molar-refractivity contribution < 1.29 is 114 Å². The summed E-state index contributed by atoms with van der Waals surface area (Å²) in [4.78, 5) is 48.2. The van der Waals surface area contributed by atoms with Crippen molar-refractivity contribution in [3.63, 3.8) is 0 Å². The van der Waals surface area contributed by atoms with Gasteiger partial charge in [-0.15, -0.1) is 0 Å². The Labute approximate surface area is 312 Å². The lowest BCUT2D eigenvalue weighted by Gasteiger charge is -2.50. The van der Waals surface area contributed by atoms with E-state index < -0.39 is 171 Å². The van der Waals surface area contributed by atoms with Gasteiger partial charge in [-0.2, -0.15) is 0 Å². The number of aliphatic hydroxyl groups excluding tert-OH is 8. The van der Waals surface area contributed by atoms with Crippen LogP contribution in [-0.4, -0.2) is 187 Å². The number of carboxylic acids is 4. The van der Waals surface area contributed by atoms with Gasteiger partial charge >= 0.3 is 0 Å². The highest BCUT2D eigenvalue weighted by Crippen LogP contribution is 2.38. The Morgan fingerprint density at radius 1 is 0.473 bits per heavy atom. The molecule has 9 unspecified atom stereocenters. The normalized spacial score (nSPS) is 45.3. The summed E-state index contributed by atoms with van der Waals surface area (Å²) in [5.74, 6) is -11.5. The van der Waals surface area contributed by atoms with E-state index >= 15 is 0 Å². The zero-order valence-electron chi connectivity index (χ0n) is 29.8. The molecule has 0 radical (unpaired) electrons. The fourth-order valence-corrected chi connectivity index (χ4v) is 7.19. The third-order valence-electron chi connectivity index (χ3n) is 9.85. The molecule has 55 heavy (non-hydrogen) atoms. The number of aliphatic carboxylic acids is 4. The minimum absolute atomic E-state index is 0.426. The molecule has 2 aliphatic carbocycles. The van der Waals surface area contributed by atoms with Crippen molar-refractivity contribution in [2.75, 3.05) is 0 Å². The topological polar surface area (TPSA) is 387 Å². The molecule has 20 atom stereocenters. The fourth-order valence-electron chi connectivity index (χ4n) is 7.19. The highest BCUT2D eigenvalue weighted by atomic mass is 16.8. The minimum Gasteiger partial charge on any atom is -0.550 e. The van der Waals surface area contributed by atoms with Gasteiger partial charge in [0.15, 0.2) is 12.6 Å². The number of carbonyl (C=O) groups excluding carboxylic acids is 4. The highest BCUT2D eigenvalue weighted by Gasteiger charge is 2.55. The average Bonchev–Trinajstić information content (AvgIpc) is 3.09. The van der Waals surface area contributed by atoms with E-state index in [-0.39, 0.29) is 0 Å². The summed E-state index contributed by atoms with van der Waals surface area (Å²) in [7, 11) is 0. The van der Waals surface area contributed by atoms with E-state index in [2.05, 4.69) is 0 Å². The first-order valence-corrected chi connectivity index (χ1v) is 17.4. The summed E-state index contributed by atoms with van der Waals surface area (Å²) in [6.45, 7) is 6.14. The van der Waals surface area contributed by atoms with Crippen LogP contribution in [0.3, 0.4) is 0 Å². The van der Waals surface area contributed by atoms with Crippen LogP contribution in [0.15, 0.2) is 0 Å². The number of carbonyl (C=O) groups is 4. The molecule has 0 spiro atoms. The molecular formula is C32H46O23-4. The van der Waals surface area contributed by atoms with Crippen molar-refractivity contribution >= 4 is 23.9 Å². The summed E-state index contributed by atoms with van der Waals surface area (Å²) in [6.07, 6.45) is -39.6. The van der Waals surface area contributed by atoms with Crippen LogP contribution in [0.25, 0.3) is 0 Å². The van der Waals surface area contributed by atoms with Crippen molar-refractivity contribution in [2.45, 2.75) is 163 Å². The van der Waals surface area contributed by atoms with Gasteiger partial charge in [0, 0.05) is 23.8 Å². The van der Waals surface area contributed by atoms with Crippen molar-refractivity contribution in [3.05, 3.63) is 0 Å². The third kappa shape index (κ3) is 9.70. The fraction of sp³-hybridized carbons (Fsp3) is 0.875. The molecule has 0 amide bonds. The van der Waals surface area contributed by atoms with Crippen LogP contribution in [0.5, 0.6) is 0 Å². The maximum Gasteiger partial charge on any atom is 0.187 e. The summed E-state index contributed by atoms with van der Waals surface area (Å²) in [6, 6.07) is 0. The number of aliphatic hydroxyl groups is 8. The molecule has 2 saturated heterocycles. The van der Waals surface area contributed by atoms with Gasteiger partial charge < -0.3 is 114 Å². The number of hydrogen-bond donors (Lipinski definition) is 8. The lowest BCUT2D eigenvalue weighted by atomic mass is 9.78. The molecule has 2 heterocycles. The van der Waals surface area contributed by atoms with Crippen LogP contribution in [-0.2, 0) is 52.3 Å². The first-order chi connectivity index (χ1) is 25.6.